The average molecular weight is 308 g/mol. The highest BCUT2D eigenvalue weighted by atomic mass is 35.5. The molecule has 1 N–H and O–H groups in total. The molecule has 2 rings (SSSR count). The van der Waals surface area contributed by atoms with Crippen molar-refractivity contribution in [3.63, 3.8) is 0 Å². The van der Waals surface area contributed by atoms with Crippen LogP contribution in [0.5, 0.6) is 0 Å². The standard InChI is InChI=1S/C16H17NO3.ClH/c1-19-17-15(14-10-6-3-7-11-14)16(18)20-12-13-8-4-2-5-9-13;/h2-11,15,17H,12H2,1H3;1H. The minimum absolute atomic E-state index is 0. The van der Waals surface area contributed by atoms with Crippen LogP contribution in [0.3, 0.4) is 0 Å². The van der Waals surface area contributed by atoms with Gasteiger partial charge in [-0.15, -0.1) is 12.4 Å². The van der Waals surface area contributed by atoms with Gasteiger partial charge >= 0.3 is 5.97 Å². The number of nitrogens with one attached hydrogen (secondary N) is 1. The smallest absolute Gasteiger partial charge is 0.330 e. The Morgan fingerprint density at radius 1 is 1.05 bits per heavy atom. The highest BCUT2D eigenvalue weighted by Gasteiger charge is 2.21. The van der Waals surface area contributed by atoms with E-state index in [0.717, 1.165) is 11.1 Å². The molecule has 2 aromatic carbocycles. The third-order valence-corrected chi connectivity index (χ3v) is 2.83. The summed E-state index contributed by atoms with van der Waals surface area (Å²) >= 11 is 0. The third-order valence-electron chi connectivity index (χ3n) is 2.83. The lowest BCUT2D eigenvalue weighted by atomic mass is 10.1. The summed E-state index contributed by atoms with van der Waals surface area (Å²) in [5.74, 6) is -0.373. The molecule has 0 bridgehead atoms. The second-order valence-corrected chi connectivity index (χ2v) is 4.26. The van der Waals surface area contributed by atoms with Crippen molar-refractivity contribution < 1.29 is 14.4 Å². The van der Waals surface area contributed by atoms with Gasteiger partial charge in [0.15, 0.2) is 6.04 Å². The summed E-state index contributed by atoms with van der Waals surface area (Å²) in [5.41, 5.74) is 4.41. The van der Waals surface area contributed by atoms with E-state index in [2.05, 4.69) is 5.48 Å². The summed E-state index contributed by atoms with van der Waals surface area (Å²) < 4.78 is 5.32. The lowest BCUT2D eigenvalue weighted by Crippen LogP contribution is -2.29. The summed E-state index contributed by atoms with van der Waals surface area (Å²) in [4.78, 5) is 17.0. The minimum Gasteiger partial charge on any atom is -0.459 e. The van der Waals surface area contributed by atoms with Gasteiger partial charge in [0.2, 0.25) is 0 Å². The van der Waals surface area contributed by atoms with Crippen LogP contribution in [0.4, 0.5) is 0 Å². The zero-order valence-corrected chi connectivity index (χ0v) is 12.5. The second-order valence-electron chi connectivity index (χ2n) is 4.26. The Morgan fingerprint density at radius 2 is 1.62 bits per heavy atom. The Hall–Kier alpha value is -1.88. The summed E-state index contributed by atoms with van der Waals surface area (Å²) in [6.45, 7) is 0.244. The number of benzene rings is 2. The minimum atomic E-state index is -0.634. The maximum atomic E-state index is 12.1. The molecule has 0 radical (unpaired) electrons. The number of rotatable bonds is 6. The summed E-state index contributed by atoms with van der Waals surface area (Å²) in [5, 5.41) is 0. The number of halogens is 1. The zero-order chi connectivity index (χ0) is 14.2. The first-order valence-corrected chi connectivity index (χ1v) is 6.35. The SMILES string of the molecule is CONC(C(=O)OCc1ccccc1)c1ccccc1.Cl. The largest absolute Gasteiger partial charge is 0.459 e. The molecule has 0 aliphatic rings. The molecule has 4 nitrogen and oxygen atoms in total. The Bertz CT molecular complexity index is 534. The first kappa shape index (κ1) is 17.2. The van der Waals surface area contributed by atoms with Gasteiger partial charge in [-0.3, -0.25) is 0 Å². The fraction of sp³-hybridized carbons (Fsp3) is 0.188. The zero-order valence-electron chi connectivity index (χ0n) is 11.7. The van der Waals surface area contributed by atoms with Gasteiger partial charge < -0.3 is 9.57 Å². The van der Waals surface area contributed by atoms with Crippen molar-refractivity contribution in [2.45, 2.75) is 12.6 Å². The van der Waals surface area contributed by atoms with Gasteiger partial charge in [0.25, 0.3) is 0 Å². The van der Waals surface area contributed by atoms with Crippen LogP contribution in [0, 0.1) is 0 Å². The third kappa shape index (κ3) is 5.19. The van der Waals surface area contributed by atoms with E-state index in [-0.39, 0.29) is 25.0 Å². The highest BCUT2D eigenvalue weighted by molar-refractivity contribution is 5.85. The van der Waals surface area contributed by atoms with Crippen LogP contribution in [0.15, 0.2) is 60.7 Å². The number of hydrogen-bond acceptors (Lipinski definition) is 4. The van der Waals surface area contributed by atoms with Crippen LogP contribution >= 0.6 is 12.4 Å². The molecule has 0 spiro atoms. The van der Waals surface area contributed by atoms with Gasteiger partial charge in [0.05, 0.1) is 7.11 Å². The molecule has 0 aliphatic carbocycles. The van der Waals surface area contributed by atoms with Crippen molar-refractivity contribution in [3.05, 3.63) is 71.8 Å². The first-order valence-electron chi connectivity index (χ1n) is 6.35. The lowest BCUT2D eigenvalue weighted by molar-refractivity contribution is -0.151. The Labute approximate surface area is 130 Å². The quantitative estimate of drug-likeness (QED) is 0.658. The molecule has 1 atom stereocenters. The topological polar surface area (TPSA) is 47.6 Å². The van der Waals surface area contributed by atoms with Gasteiger partial charge in [-0.05, 0) is 11.1 Å². The lowest BCUT2D eigenvalue weighted by Gasteiger charge is -2.16. The van der Waals surface area contributed by atoms with E-state index in [0.29, 0.717) is 0 Å². The predicted octanol–water partition coefficient (Wildman–Crippen LogP) is 3.04. The van der Waals surface area contributed by atoms with Crippen LogP contribution in [-0.2, 0) is 21.0 Å². The number of carbonyl (C=O) groups excluding carboxylic acids is 1. The van der Waals surface area contributed by atoms with E-state index < -0.39 is 6.04 Å². The van der Waals surface area contributed by atoms with Crippen molar-refractivity contribution >= 4 is 18.4 Å². The number of ether oxygens (including phenoxy) is 1. The monoisotopic (exact) mass is 307 g/mol. The molecule has 0 fully saturated rings. The Balaban J connectivity index is 0.00000220. The normalized spacial score (nSPS) is 11.3. The van der Waals surface area contributed by atoms with Crippen molar-refractivity contribution in [1.82, 2.24) is 5.48 Å². The van der Waals surface area contributed by atoms with E-state index in [1.54, 1.807) is 0 Å². The van der Waals surface area contributed by atoms with Gasteiger partial charge in [0.1, 0.15) is 6.61 Å². The van der Waals surface area contributed by atoms with Gasteiger partial charge in [0, 0.05) is 0 Å². The van der Waals surface area contributed by atoms with Gasteiger partial charge in [-0.1, -0.05) is 60.7 Å². The van der Waals surface area contributed by atoms with E-state index >= 15 is 0 Å². The van der Waals surface area contributed by atoms with E-state index in [1.165, 1.54) is 7.11 Å². The molecule has 0 amide bonds. The maximum absolute atomic E-state index is 12.1. The predicted molar refractivity (Wildman–Crippen MR) is 82.8 cm³/mol. The number of hydrogen-bond donors (Lipinski definition) is 1. The highest BCUT2D eigenvalue weighted by Crippen LogP contribution is 2.15. The molecule has 21 heavy (non-hydrogen) atoms. The summed E-state index contributed by atoms with van der Waals surface area (Å²) in [6, 6.07) is 18.2. The van der Waals surface area contributed by atoms with Crippen molar-refractivity contribution in [3.8, 4) is 0 Å². The molecule has 0 aliphatic heterocycles. The maximum Gasteiger partial charge on any atom is 0.330 e. The van der Waals surface area contributed by atoms with Crippen LogP contribution in [0.1, 0.15) is 17.2 Å². The van der Waals surface area contributed by atoms with Crippen LogP contribution in [0.25, 0.3) is 0 Å². The molecule has 0 saturated heterocycles. The molecule has 112 valence electrons. The second kappa shape index (κ2) is 9.13. The number of carbonyl (C=O) groups is 1. The van der Waals surface area contributed by atoms with Crippen molar-refractivity contribution in [2.24, 2.45) is 0 Å². The van der Waals surface area contributed by atoms with E-state index in [4.69, 9.17) is 9.57 Å². The van der Waals surface area contributed by atoms with Gasteiger partial charge in [-0.2, -0.15) is 5.48 Å². The van der Waals surface area contributed by atoms with Crippen LogP contribution in [-0.4, -0.2) is 13.1 Å². The average Bonchev–Trinajstić information content (AvgIpc) is 2.52. The Kier molecular flexibility index (Phi) is 7.46. The van der Waals surface area contributed by atoms with Crippen LogP contribution in [0.2, 0.25) is 0 Å². The fourth-order valence-corrected chi connectivity index (χ4v) is 1.83. The van der Waals surface area contributed by atoms with Crippen LogP contribution < -0.4 is 5.48 Å². The van der Waals surface area contributed by atoms with E-state index in [1.807, 2.05) is 60.7 Å². The molecular formula is C16H18ClNO3. The summed E-state index contributed by atoms with van der Waals surface area (Å²) in [6.07, 6.45) is 0. The Morgan fingerprint density at radius 3 is 2.19 bits per heavy atom. The molecule has 5 heteroatoms. The number of esters is 1. The first-order chi connectivity index (χ1) is 9.81. The molecule has 2 aromatic rings. The fourth-order valence-electron chi connectivity index (χ4n) is 1.83. The molecule has 0 saturated carbocycles. The summed E-state index contributed by atoms with van der Waals surface area (Å²) in [7, 11) is 1.47. The van der Waals surface area contributed by atoms with Gasteiger partial charge in [-0.25, -0.2) is 4.79 Å². The molecule has 0 heterocycles. The molecule has 0 aromatic heterocycles. The van der Waals surface area contributed by atoms with E-state index in [9.17, 15) is 4.79 Å². The molecular weight excluding hydrogens is 290 g/mol. The van der Waals surface area contributed by atoms with Crippen molar-refractivity contribution in [1.29, 1.82) is 0 Å². The molecule has 1 unspecified atom stereocenters. The van der Waals surface area contributed by atoms with Crippen molar-refractivity contribution in [2.75, 3.05) is 7.11 Å². The number of hydroxylamine groups is 1.